The Morgan fingerprint density at radius 1 is 1.07 bits per heavy atom. The van der Waals surface area contributed by atoms with Gasteiger partial charge in [-0.3, -0.25) is 14.5 Å². The minimum Gasteiger partial charge on any atom is -0.491 e. The second-order valence-electron chi connectivity index (χ2n) is 5.92. The van der Waals surface area contributed by atoms with Gasteiger partial charge >= 0.3 is 17.8 Å². The van der Waals surface area contributed by atoms with Gasteiger partial charge in [0, 0.05) is 5.02 Å². The number of hydrogen-bond acceptors (Lipinski definition) is 4. The summed E-state index contributed by atoms with van der Waals surface area (Å²) in [6.45, 7) is 1.73. The van der Waals surface area contributed by atoms with Crippen molar-refractivity contribution in [3.05, 3.63) is 63.6 Å². The van der Waals surface area contributed by atoms with Gasteiger partial charge in [-0.1, -0.05) is 41.9 Å². The Morgan fingerprint density at radius 3 is 2.44 bits per heavy atom. The van der Waals surface area contributed by atoms with Crippen LogP contribution in [0.25, 0.3) is 0 Å². The molecule has 140 valence electrons. The summed E-state index contributed by atoms with van der Waals surface area (Å²) in [4.78, 5) is 39.1. The molecule has 3 rings (SSSR count). The summed E-state index contributed by atoms with van der Waals surface area (Å²) in [5.41, 5.74) is 0.773. The van der Waals surface area contributed by atoms with E-state index >= 15 is 0 Å². The molecule has 4 amide bonds. The number of rotatable bonds is 6. The standard InChI is InChI=1S/C19H16BrClN2O4/c1-12(13-5-3-2-4-6-13)23-18(25)17(24)22(19(23)26)9-10-27-16-8-7-14(21)11-15(16)20/h2-8,11-12H,9-10H2,1H3. The SMILES string of the molecule is CC(c1ccccc1)N1C(=O)C(=O)N(CCOc2ccc(Cl)cc2Br)C1=O. The van der Waals surface area contributed by atoms with Gasteiger partial charge < -0.3 is 4.74 Å². The maximum atomic E-state index is 12.6. The molecule has 0 aliphatic carbocycles. The van der Waals surface area contributed by atoms with Crippen LogP contribution in [0.2, 0.25) is 5.02 Å². The second-order valence-corrected chi connectivity index (χ2v) is 7.22. The molecule has 1 atom stereocenters. The fraction of sp³-hybridized carbons (Fsp3) is 0.211. The zero-order chi connectivity index (χ0) is 19.6. The summed E-state index contributed by atoms with van der Waals surface area (Å²) >= 11 is 9.21. The van der Waals surface area contributed by atoms with Crippen LogP contribution in [0.5, 0.6) is 5.75 Å². The van der Waals surface area contributed by atoms with Crippen molar-refractivity contribution in [2.24, 2.45) is 0 Å². The van der Waals surface area contributed by atoms with Gasteiger partial charge in [-0.15, -0.1) is 0 Å². The van der Waals surface area contributed by atoms with Crippen molar-refractivity contribution in [2.75, 3.05) is 13.2 Å². The zero-order valence-electron chi connectivity index (χ0n) is 14.4. The number of ether oxygens (including phenoxy) is 1. The van der Waals surface area contributed by atoms with Crippen LogP contribution in [0.15, 0.2) is 53.0 Å². The number of nitrogens with zero attached hydrogens (tertiary/aromatic N) is 2. The van der Waals surface area contributed by atoms with Crippen molar-refractivity contribution in [3.63, 3.8) is 0 Å². The normalized spacial score (nSPS) is 15.4. The third-order valence-electron chi connectivity index (χ3n) is 4.22. The Balaban J connectivity index is 1.67. The van der Waals surface area contributed by atoms with Gasteiger partial charge in [0.1, 0.15) is 12.4 Å². The molecule has 0 N–H and O–H groups in total. The molecule has 1 aliphatic heterocycles. The summed E-state index contributed by atoms with van der Waals surface area (Å²) in [5.74, 6) is -1.15. The van der Waals surface area contributed by atoms with Gasteiger partial charge in [-0.25, -0.2) is 9.69 Å². The van der Waals surface area contributed by atoms with Crippen molar-refractivity contribution in [1.29, 1.82) is 0 Å². The van der Waals surface area contributed by atoms with Gasteiger partial charge in [0.15, 0.2) is 0 Å². The molecule has 27 heavy (non-hydrogen) atoms. The van der Waals surface area contributed by atoms with Crippen molar-refractivity contribution in [2.45, 2.75) is 13.0 Å². The van der Waals surface area contributed by atoms with E-state index in [0.29, 0.717) is 15.2 Å². The van der Waals surface area contributed by atoms with Crippen molar-refractivity contribution in [1.82, 2.24) is 9.80 Å². The van der Waals surface area contributed by atoms with Gasteiger partial charge in [-0.2, -0.15) is 0 Å². The number of imide groups is 2. The van der Waals surface area contributed by atoms with Crippen LogP contribution in [-0.4, -0.2) is 40.8 Å². The lowest BCUT2D eigenvalue weighted by Gasteiger charge is -2.22. The summed E-state index contributed by atoms with van der Waals surface area (Å²) in [6.07, 6.45) is 0. The summed E-state index contributed by atoms with van der Waals surface area (Å²) in [6, 6.07) is 12.9. The molecular formula is C19H16BrClN2O4. The first kappa shape index (κ1) is 19.4. The molecule has 2 aromatic rings. The van der Waals surface area contributed by atoms with Crippen molar-refractivity contribution < 1.29 is 19.1 Å². The van der Waals surface area contributed by atoms with Crippen LogP contribution in [0.3, 0.4) is 0 Å². The Bertz CT molecular complexity index is 891. The zero-order valence-corrected chi connectivity index (χ0v) is 16.7. The van der Waals surface area contributed by atoms with E-state index in [1.807, 2.05) is 18.2 Å². The highest BCUT2D eigenvalue weighted by Gasteiger charge is 2.46. The first-order chi connectivity index (χ1) is 12.9. The van der Waals surface area contributed by atoms with Crippen LogP contribution in [0, 0.1) is 0 Å². The summed E-state index contributed by atoms with van der Waals surface area (Å²) in [5, 5.41) is 0.551. The molecule has 1 saturated heterocycles. The Labute approximate surface area is 169 Å². The summed E-state index contributed by atoms with van der Waals surface area (Å²) < 4.78 is 6.24. The second kappa shape index (κ2) is 8.10. The van der Waals surface area contributed by atoms with E-state index in [4.69, 9.17) is 16.3 Å². The Morgan fingerprint density at radius 2 is 1.78 bits per heavy atom. The Hall–Kier alpha value is -2.38. The van der Waals surface area contributed by atoms with Gasteiger partial charge in [-0.05, 0) is 46.6 Å². The van der Waals surface area contributed by atoms with Crippen LogP contribution >= 0.6 is 27.5 Å². The fourth-order valence-corrected chi connectivity index (χ4v) is 3.58. The average Bonchev–Trinajstić information content (AvgIpc) is 2.87. The third kappa shape index (κ3) is 3.99. The molecule has 2 aromatic carbocycles. The number of hydrogen-bond donors (Lipinski definition) is 0. The first-order valence-corrected chi connectivity index (χ1v) is 9.39. The first-order valence-electron chi connectivity index (χ1n) is 8.22. The maximum absolute atomic E-state index is 12.6. The van der Waals surface area contributed by atoms with Gasteiger partial charge in [0.25, 0.3) is 0 Å². The van der Waals surface area contributed by atoms with Gasteiger partial charge in [0.2, 0.25) is 0 Å². The number of carbonyl (C=O) groups excluding carboxylic acids is 3. The molecule has 1 fully saturated rings. The monoisotopic (exact) mass is 450 g/mol. The minimum atomic E-state index is -0.846. The van der Waals surface area contributed by atoms with Crippen LogP contribution < -0.4 is 4.74 Å². The molecule has 0 saturated carbocycles. The topological polar surface area (TPSA) is 66.9 Å². The van der Waals surface area contributed by atoms with E-state index in [0.717, 1.165) is 15.4 Å². The fourth-order valence-electron chi connectivity index (χ4n) is 2.78. The number of urea groups is 1. The predicted octanol–water partition coefficient (Wildman–Crippen LogP) is 4.03. The smallest absolute Gasteiger partial charge is 0.334 e. The quantitative estimate of drug-likeness (QED) is 0.491. The molecule has 0 aromatic heterocycles. The molecule has 0 radical (unpaired) electrons. The molecule has 8 heteroatoms. The van der Waals surface area contributed by atoms with E-state index in [1.165, 1.54) is 0 Å². The molecule has 6 nitrogen and oxygen atoms in total. The lowest BCUT2D eigenvalue weighted by Crippen LogP contribution is -2.37. The van der Waals surface area contributed by atoms with Crippen molar-refractivity contribution in [3.8, 4) is 5.75 Å². The van der Waals surface area contributed by atoms with E-state index < -0.39 is 23.9 Å². The third-order valence-corrected chi connectivity index (χ3v) is 5.07. The lowest BCUT2D eigenvalue weighted by molar-refractivity contribution is -0.144. The summed E-state index contributed by atoms with van der Waals surface area (Å²) in [7, 11) is 0. The van der Waals surface area contributed by atoms with Crippen LogP contribution in [-0.2, 0) is 9.59 Å². The number of amides is 4. The van der Waals surface area contributed by atoms with Gasteiger partial charge in [0.05, 0.1) is 17.1 Å². The number of carbonyl (C=O) groups is 3. The van der Waals surface area contributed by atoms with E-state index in [2.05, 4.69) is 15.9 Å². The highest BCUT2D eigenvalue weighted by atomic mass is 79.9. The lowest BCUT2D eigenvalue weighted by atomic mass is 10.1. The molecular weight excluding hydrogens is 436 g/mol. The Kier molecular flexibility index (Phi) is 5.82. The molecule has 0 spiro atoms. The van der Waals surface area contributed by atoms with Crippen LogP contribution in [0.4, 0.5) is 4.79 Å². The molecule has 1 heterocycles. The number of halogens is 2. The predicted molar refractivity (Wildman–Crippen MR) is 103 cm³/mol. The maximum Gasteiger partial charge on any atom is 0.334 e. The van der Waals surface area contributed by atoms with Crippen molar-refractivity contribution >= 4 is 45.4 Å². The average molecular weight is 452 g/mol. The van der Waals surface area contributed by atoms with E-state index in [-0.39, 0.29) is 13.2 Å². The number of benzene rings is 2. The molecule has 1 aliphatic rings. The largest absolute Gasteiger partial charge is 0.491 e. The minimum absolute atomic E-state index is 0.0313. The highest BCUT2D eigenvalue weighted by Crippen LogP contribution is 2.29. The molecule has 0 bridgehead atoms. The van der Waals surface area contributed by atoms with Crippen LogP contribution in [0.1, 0.15) is 18.5 Å². The molecule has 1 unspecified atom stereocenters. The highest BCUT2D eigenvalue weighted by molar-refractivity contribution is 9.10. The van der Waals surface area contributed by atoms with E-state index in [9.17, 15) is 14.4 Å². The van der Waals surface area contributed by atoms with E-state index in [1.54, 1.807) is 37.3 Å².